The molecule has 2 rings (SSSR count). The van der Waals surface area contributed by atoms with Crippen LogP contribution in [0.1, 0.15) is 24.2 Å². The van der Waals surface area contributed by atoms with E-state index < -0.39 is 22.5 Å². The van der Waals surface area contributed by atoms with Crippen molar-refractivity contribution in [3.8, 4) is 17.2 Å². The standard InChI is InChI=1S/C19H22F2N2O6S/c1-4-23(5-2)30(26,27)13-7-8-15(24)14(11-13)22-18(25)12-6-9-16(29-19(20)21)17(10-12)28-3/h6-11,19,24H,4-5H2,1-3H3,(H,22,25). The topological polar surface area (TPSA) is 105 Å². The quantitative estimate of drug-likeness (QED) is 0.575. The van der Waals surface area contributed by atoms with Gasteiger partial charge in [-0.05, 0) is 36.4 Å². The second-order valence-corrected chi connectivity index (χ2v) is 7.90. The van der Waals surface area contributed by atoms with Gasteiger partial charge in [0.15, 0.2) is 11.5 Å². The number of methoxy groups -OCH3 is 1. The normalized spacial score (nSPS) is 11.6. The van der Waals surface area contributed by atoms with Gasteiger partial charge in [0.1, 0.15) is 5.75 Å². The number of phenols is 1. The first kappa shape index (κ1) is 23.4. The molecular weight excluding hydrogens is 422 g/mol. The zero-order valence-corrected chi connectivity index (χ0v) is 17.4. The number of benzene rings is 2. The summed E-state index contributed by atoms with van der Waals surface area (Å²) in [6.07, 6.45) is 0. The van der Waals surface area contributed by atoms with E-state index in [1.807, 2.05) is 0 Å². The van der Waals surface area contributed by atoms with Gasteiger partial charge in [0.05, 0.1) is 17.7 Å². The summed E-state index contributed by atoms with van der Waals surface area (Å²) in [5, 5.41) is 12.5. The number of sulfonamides is 1. The molecule has 0 atom stereocenters. The van der Waals surface area contributed by atoms with Crippen molar-refractivity contribution in [2.75, 3.05) is 25.5 Å². The number of carbonyl (C=O) groups excluding carboxylic acids is 1. The fourth-order valence-corrected chi connectivity index (χ4v) is 4.17. The van der Waals surface area contributed by atoms with E-state index in [4.69, 9.17) is 4.74 Å². The van der Waals surface area contributed by atoms with E-state index in [9.17, 15) is 27.1 Å². The highest BCUT2D eigenvalue weighted by molar-refractivity contribution is 7.89. The SMILES string of the molecule is CCN(CC)S(=O)(=O)c1ccc(O)c(NC(=O)c2ccc(OC(F)F)c(OC)c2)c1. The van der Waals surface area contributed by atoms with Crippen LogP contribution in [0.3, 0.4) is 0 Å². The Morgan fingerprint density at radius 3 is 2.37 bits per heavy atom. The van der Waals surface area contributed by atoms with Crippen LogP contribution in [-0.4, -0.2) is 50.5 Å². The first-order valence-electron chi connectivity index (χ1n) is 8.91. The van der Waals surface area contributed by atoms with Crippen molar-refractivity contribution in [2.45, 2.75) is 25.4 Å². The maximum Gasteiger partial charge on any atom is 0.387 e. The molecule has 164 valence electrons. The summed E-state index contributed by atoms with van der Waals surface area (Å²) >= 11 is 0. The van der Waals surface area contributed by atoms with Crippen molar-refractivity contribution in [2.24, 2.45) is 0 Å². The molecule has 0 radical (unpaired) electrons. The number of alkyl halides is 2. The zero-order chi connectivity index (χ0) is 22.5. The summed E-state index contributed by atoms with van der Waals surface area (Å²) in [5.74, 6) is -1.40. The number of ether oxygens (including phenoxy) is 2. The number of aromatic hydroxyl groups is 1. The van der Waals surface area contributed by atoms with E-state index in [-0.39, 0.29) is 46.5 Å². The summed E-state index contributed by atoms with van der Waals surface area (Å²) < 4.78 is 60.7. The Kier molecular flexibility index (Phi) is 7.57. The van der Waals surface area contributed by atoms with E-state index >= 15 is 0 Å². The number of nitrogens with one attached hydrogen (secondary N) is 1. The summed E-state index contributed by atoms with van der Waals surface area (Å²) in [5.41, 5.74) is -0.107. The molecule has 0 aliphatic rings. The van der Waals surface area contributed by atoms with Gasteiger partial charge in [-0.1, -0.05) is 13.8 Å². The van der Waals surface area contributed by atoms with Gasteiger partial charge in [-0.3, -0.25) is 4.79 Å². The van der Waals surface area contributed by atoms with Crippen molar-refractivity contribution in [1.82, 2.24) is 4.31 Å². The highest BCUT2D eigenvalue weighted by atomic mass is 32.2. The second kappa shape index (κ2) is 9.72. The van der Waals surface area contributed by atoms with Crippen LogP contribution in [0.25, 0.3) is 0 Å². The van der Waals surface area contributed by atoms with Gasteiger partial charge in [0.2, 0.25) is 10.0 Å². The van der Waals surface area contributed by atoms with E-state index in [2.05, 4.69) is 10.1 Å². The second-order valence-electron chi connectivity index (χ2n) is 5.97. The van der Waals surface area contributed by atoms with Gasteiger partial charge in [-0.25, -0.2) is 8.42 Å². The number of anilines is 1. The molecule has 30 heavy (non-hydrogen) atoms. The number of rotatable bonds is 9. The van der Waals surface area contributed by atoms with Gasteiger partial charge in [-0.2, -0.15) is 13.1 Å². The molecule has 0 aliphatic heterocycles. The molecule has 0 aliphatic carbocycles. The van der Waals surface area contributed by atoms with Gasteiger partial charge in [0, 0.05) is 18.7 Å². The molecule has 0 heterocycles. The average Bonchev–Trinajstić information content (AvgIpc) is 2.70. The van der Waals surface area contributed by atoms with E-state index in [1.165, 1.54) is 29.6 Å². The summed E-state index contributed by atoms with van der Waals surface area (Å²) in [7, 11) is -2.58. The minimum absolute atomic E-state index is 0.0184. The van der Waals surface area contributed by atoms with Crippen molar-refractivity contribution < 1.29 is 36.6 Å². The fraction of sp³-hybridized carbons (Fsp3) is 0.316. The Morgan fingerprint density at radius 1 is 1.13 bits per heavy atom. The van der Waals surface area contributed by atoms with Crippen LogP contribution in [0.15, 0.2) is 41.3 Å². The van der Waals surface area contributed by atoms with Crippen molar-refractivity contribution in [3.63, 3.8) is 0 Å². The summed E-state index contributed by atoms with van der Waals surface area (Å²) in [4.78, 5) is 12.4. The van der Waals surface area contributed by atoms with Gasteiger partial charge >= 0.3 is 6.61 Å². The molecule has 0 unspecified atom stereocenters. The number of phenolic OH excluding ortho intramolecular Hbond substituents is 1. The lowest BCUT2D eigenvalue weighted by molar-refractivity contribution is -0.0512. The highest BCUT2D eigenvalue weighted by Gasteiger charge is 2.23. The molecular formula is C19H22F2N2O6S. The number of hydrogen-bond donors (Lipinski definition) is 2. The molecule has 0 aromatic heterocycles. The Bertz CT molecular complexity index is 1010. The maximum absolute atomic E-state index is 12.7. The molecule has 0 spiro atoms. The lowest BCUT2D eigenvalue weighted by Gasteiger charge is -2.19. The van der Waals surface area contributed by atoms with Gasteiger partial charge in [0.25, 0.3) is 5.91 Å². The first-order chi connectivity index (χ1) is 14.1. The smallest absolute Gasteiger partial charge is 0.387 e. The van der Waals surface area contributed by atoms with Gasteiger partial charge in [-0.15, -0.1) is 0 Å². The number of nitrogens with zero attached hydrogens (tertiary/aromatic N) is 1. The third-order valence-electron chi connectivity index (χ3n) is 4.20. The van der Waals surface area contributed by atoms with E-state index in [0.29, 0.717) is 0 Å². The highest BCUT2D eigenvalue weighted by Crippen LogP contribution is 2.31. The van der Waals surface area contributed by atoms with Crippen LogP contribution in [-0.2, 0) is 10.0 Å². The van der Waals surface area contributed by atoms with E-state index in [0.717, 1.165) is 18.2 Å². The predicted octanol–water partition coefficient (Wildman–Crippen LogP) is 3.29. The molecule has 2 aromatic carbocycles. The average molecular weight is 444 g/mol. The van der Waals surface area contributed by atoms with Crippen molar-refractivity contribution in [3.05, 3.63) is 42.0 Å². The monoisotopic (exact) mass is 444 g/mol. The van der Waals surface area contributed by atoms with Crippen LogP contribution in [0, 0.1) is 0 Å². The van der Waals surface area contributed by atoms with Crippen LogP contribution < -0.4 is 14.8 Å². The van der Waals surface area contributed by atoms with Gasteiger partial charge < -0.3 is 19.9 Å². The Morgan fingerprint density at radius 2 is 1.80 bits per heavy atom. The van der Waals surface area contributed by atoms with Crippen molar-refractivity contribution in [1.29, 1.82) is 0 Å². The molecule has 2 aromatic rings. The summed E-state index contributed by atoms with van der Waals surface area (Å²) in [6, 6.07) is 7.08. The molecule has 8 nitrogen and oxygen atoms in total. The Balaban J connectivity index is 2.33. The number of hydrogen-bond acceptors (Lipinski definition) is 6. The van der Waals surface area contributed by atoms with Crippen LogP contribution >= 0.6 is 0 Å². The van der Waals surface area contributed by atoms with Crippen LogP contribution in [0.5, 0.6) is 17.2 Å². The molecule has 2 N–H and O–H groups in total. The Hall–Kier alpha value is -2.92. The molecule has 0 saturated carbocycles. The molecule has 0 saturated heterocycles. The Labute approximate surface area is 173 Å². The number of carbonyl (C=O) groups is 1. The minimum atomic E-state index is -3.81. The predicted molar refractivity (Wildman–Crippen MR) is 106 cm³/mol. The third-order valence-corrected chi connectivity index (χ3v) is 6.25. The fourth-order valence-electron chi connectivity index (χ4n) is 2.68. The number of amides is 1. The third kappa shape index (κ3) is 5.16. The lowest BCUT2D eigenvalue weighted by Crippen LogP contribution is -2.30. The number of halogens is 2. The zero-order valence-electron chi connectivity index (χ0n) is 16.6. The molecule has 11 heteroatoms. The largest absolute Gasteiger partial charge is 0.506 e. The summed E-state index contributed by atoms with van der Waals surface area (Å²) in [6.45, 7) is 0.839. The lowest BCUT2D eigenvalue weighted by atomic mass is 10.1. The van der Waals surface area contributed by atoms with Crippen molar-refractivity contribution >= 4 is 21.6 Å². The van der Waals surface area contributed by atoms with Crippen LogP contribution in [0.2, 0.25) is 0 Å². The maximum atomic E-state index is 12.7. The molecule has 1 amide bonds. The minimum Gasteiger partial charge on any atom is -0.506 e. The van der Waals surface area contributed by atoms with Crippen LogP contribution in [0.4, 0.5) is 14.5 Å². The molecule has 0 fully saturated rings. The first-order valence-corrected chi connectivity index (χ1v) is 10.3. The molecule has 0 bridgehead atoms. The van der Waals surface area contributed by atoms with E-state index in [1.54, 1.807) is 13.8 Å².